The van der Waals surface area contributed by atoms with Gasteiger partial charge in [0.05, 0.1) is 32.8 Å². The van der Waals surface area contributed by atoms with Crippen molar-refractivity contribution >= 4 is 40.4 Å². The molecule has 10 nitrogen and oxygen atoms in total. The molecule has 0 aromatic carbocycles. The first-order valence-electron chi connectivity index (χ1n) is 7.92. The maximum absolute atomic E-state index is 12.1. The zero-order valence-corrected chi connectivity index (χ0v) is 16.6. The van der Waals surface area contributed by atoms with Crippen LogP contribution in [0.25, 0.3) is 0 Å². The van der Waals surface area contributed by atoms with Crippen molar-refractivity contribution in [3.05, 3.63) is 11.1 Å². The molecular weight excluding hydrogens is 378 g/mol. The van der Waals surface area contributed by atoms with Crippen molar-refractivity contribution in [1.82, 2.24) is 10.3 Å². The van der Waals surface area contributed by atoms with Gasteiger partial charge < -0.3 is 19.5 Å². The third-order valence-corrected chi connectivity index (χ3v) is 3.73. The summed E-state index contributed by atoms with van der Waals surface area (Å²) in [7, 11) is 2.32. The lowest BCUT2D eigenvalue weighted by Gasteiger charge is -2.18. The first-order valence-corrected chi connectivity index (χ1v) is 8.80. The second kappa shape index (κ2) is 9.86. The number of anilines is 1. The Balaban J connectivity index is 2.63. The van der Waals surface area contributed by atoms with E-state index in [1.807, 2.05) is 0 Å². The Kier molecular flexibility index (Phi) is 8.16. The van der Waals surface area contributed by atoms with Crippen LogP contribution in [0.2, 0.25) is 0 Å². The predicted octanol–water partition coefficient (Wildman–Crippen LogP) is 1.25. The summed E-state index contributed by atoms with van der Waals surface area (Å²) in [6.07, 6.45) is -1.16. The predicted molar refractivity (Wildman–Crippen MR) is 96.3 cm³/mol. The van der Waals surface area contributed by atoms with Gasteiger partial charge in [-0.25, -0.2) is 14.6 Å². The highest BCUT2D eigenvalue weighted by atomic mass is 32.1. The van der Waals surface area contributed by atoms with Gasteiger partial charge >= 0.3 is 18.0 Å². The summed E-state index contributed by atoms with van der Waals surface area (Å²) in [5.41, 5.74) is -0.266. The van der Waals surface area contributed by atoms with Crippen molar-refractivity contribution in [2.24, 2.45) is 0 Å². The summed E-state index contributed by atoms with van der Waals surface area (Å²) >= 11 is 1.12. The highest BCUT2D eigenvalue weighted by molar-refractivity contribution is 7.13. The van der Waals surface area contributed by atoms with Crippen molar-refractivity contribution in [1.29, 1.82) is 0 Å². The van der Waals surface area contributed by atoms with E-state index >= 15 is 0 Å². The number of hydrogen-bond acceptors (Lipinski definition) is 9. The number of aromatic nitrogens is 1. The van der Waals surface area contributed by atoms with Crippen molar-refractivity contribution in [3.63, 3.8) is 0 Å². The van der Waals surface area contributed by atoms with Crippen molar-refractivity contribution < 1.29 is 33.4 Å². The summed E-state index contributed by atoms with van der Waals surface area (Å²) < 4.78 is 14.2. The Labute approximate surface area is 160 Å². The molecule has 0 radical (unpaired) electrons. The number of carbonyl (C=O) groups excluding carboxylic acids is 4. The maximum Gasteiger partial charge on any atom is 0.413 e. The number of hydrogen-bond donors (Lipinski definition) is 2. The van der Waals surface area contributed by atoms with Crippen LogP contribution in [0, 0.1) is 0 Å². The number of amides is 2. The fourth-order valence-corrected chi connectivity index (χ4v) is 2.53. The quantitative estimate of drug-likeness (QED) is 0.515. The summed E-state index contributed by atoms with van der Waals surface area (Å²) in [6.45, 7) is 5.20. The molecule has 11 heteroatoms. The fraction of sp³-hybridized carbons (Fsp3) is 0.562. The lowest BCUT2D eigenvalue weighted by molar-refractivity contribution is -0.150. The van der Waals surface area contributed by atoms with Gasteiger partial charge in [-0.15, -0.1) is 11.3 Å². The van der Waals surface area contributed by atoms with Gasteiger partial charge in [0.25, 0.3) is 0 Å². The molecule has 0 bridgehead atoms. The zero-order valence-electron chi connectivity index (χ0n) is 15.8. The minimum atomic E-state index is -1.16. The van der Waals surface area contributed by atoms with Crippen LogP contribution in [0.4, 0.5) is 9.93 Å². The highest BCUT2D eigenvalue weighted by Gasteiger charge is 2.25. The Morgan fingerprint density at radius 2 is 1.85 bits per heavy atom. The molecule has 1 heterocycles. The number of rotatable bonds is 7. The summed E-state index contributed by atoms with van der Waals surface area (Å²) in [5, 5.41) is 6.73. The topological polar surface area (TPSA) is 133 Å². The minimum absolute atomic E-state index is 0.152. The van der Waals surface area contributed by atoms with E-state index in [0.29, 0.717) is 5.69 Å². The molecule has 1 aromatic heterocycles. The van der Waals surface area contributed by atoms with E-state index in [4.69, 9.17) is 4.74 Å². The maximum atomic E-state index is 12.1. The van der Waals surface area contributed by atoms with Crippen molar-refractivity contribution in [3.8, 4) is 0 Å². The Bertz CT molecular complexity index is 696. The van der Waals surface area contributed by atoms with Gasteiger partial charge in [0.1, 0.15) is 11.6 Å². The number of thiazole rings is 1. The number of esters is 2. The number of nitrogens with one attached hydrogen (secondary N) is 2. The fourth-order valence-electron chi connectivity index (χ4n) is 1.83. The van der Waals surface area contributed by atoms with Crippen LogP contribution in [-0.4, -0.2) is 54.8 Å². The molecule has 0 unspecified atom stereocenters. The molecule has 0 fully saturated rings. The average Bonchev–Trinajstić information content (AvgIpc) is 2.97. The largest absolute Gasteiger partial charge is 0.469 e. The molecule has 27 heavy (non-hydrogen) atoms. The van der Waals surface area contributed by atoms with E-state index in [2.05, 4.69) is 25.1 Å². The van der Waals surface area contributed by atoms with Crippen LogP contribution in [0.15, 0.2) is 5.38 Å². The molecule has 0 aliphatic heterocycles. The third kappa shape index (κ3) is 8.49. The number of methoxy groups -OCH3 is 2. The van der Waals surface area contributed by atoms with Crippen LogP contribution >= 0.6 is 11.3 Å². The van der Waals surface area contributed by atoms with E-state index in [1.54, 1.807) is 26.2 Å². The van der Waals surface area contributed by atoms with Crippen LogP contribution in [0.1, 0.15) is 32.9 Å². The van der Waals surface area contributed by atoms with E-state index in [-0.39, 0.29) is 18.0 Å². The molecule has 2 amide bonds. The van der Waals surface area contributed by atoms with Gasteiger partial charge in [-0.2, -0.15) is 0 Å². The number of nitrogens with zero attached hydrogens (tertiary/aromatic N) is 1. The Morgan fingerprint density at radius 1 is 1.19 bits per heavy atom. The second-order valence-electron chi connectivity index (χ2n) is 6.37. The molecule has 0 aliphatic rings. The van der Waals surface area contributed by atoms with E-state index < -0.39 is 35.6 Å². The molecule has 1 aromatic rings. The van der Waals surface area contributed by atoms with E-state index in [1.165, 1.54) is 7.11 Å². The standard InChI is InChI=1S/C16H23N3O7S/c1-16(2,3)26-15(23)19-14-17-9(8-27-14)6-11(20)18-10(13(22)25-5)7-12(21)24-4/h8,10H,6-7H2,1-5H3,(H,18,20)(H,17,19,23)/t10-/m0/s1. The van der Waals surface area contributed by atoms with E-state index in [9.17, 15) is 19.2 Å². The molecule has 2 N–H and O–H groups in total. The SMILES string of the molecule is COC(=O)C[C@H](NC(=O)Cc1csc(NC(=O)OC(C)(C)C)n1)C(=O)OC. The van der Waals surface area contributed by atoms with Crippen molar-refractivity contribution in [2.75, 3.05) is 19.5 Å². The van der Waals surface area contributed by atoms with Crippen molar-refractivity contribution in [2.45, 2.75) is 45.3 Å². The van der Waals surface area contributed by atoms with Gasteiger partial charge in [0.15, 0.2) is 5.13 Å². The van der Waals surface area contributed by atoms with Crippen LogP contribution in [0.3, 0.4) is 0 Å². The number of carbonyl (C=O) groups is 4. The van der Waals surface area contributed by atoms with Crippen LogP contribution < -0.4 is 10.6 Å². The molecule has 150 valence electrons. The monoisotopic (exact) mass is 401 g/mol. The molecule has 0 spiro atoms. The minimum Gasteiger partial charge on any atom is -0.469 e. The van der Waals surface area contributed by atoms with Gasteiger partial charge in [0, 0.05) is 5.38 Å². The van der Waals surface area contributed by atoms with E-state index in [0.717, 1.165) is 18.4 Å². The summed E-state index contributed by atoms with van der Waals surface area (Å²) in [4.78, 5) is 50.9. The highest BCUT2D eigenvalue weighted by Crippen LogP contribution is 2.17. The lowest BCUT2D eigenvalue weighted by Crippen LogP contribution is -2.43. The van der Waals surface area contributed by atoms with Crippen LogP contribution in [0.5, 0.6) is 0 Å². The third-order valence-electron chi connectivity index (χ3n) is 2.92. The normalized spacial score (nSPS) is 11.9. The number of ether oxygens (including phenoxy) is 3. The first kappa shape index (κ1) is 22.4. The Hall–Kier alpha value is -2.69. The van der Waals surface area contributed by atoms with Crippen LogP contribution in [-0.2, 0) is 35.0 Å². The first-order chi connectivity index (χ1) is 12.5. The van der Waals surface area contributed by atoms with Gasteiger partial charge in [-0.05, 0) is 20.8 Å². The molecule has 0 saturated carbocycles. The van der Waals surface area contributed by atoms with Gasteiger partial charge in [-0.3, -0.25) is 14.9 Å². The average molecular weight is 401 g/mol. The zero-order chi connectivity index (χ0) is 20.6. The Morgan fingerprint density at radius 3 is 2.41 bits per heavy atom. The van der Waals surface area contributed by atoms with Gasteiger partial charge in [0.2, 0.25) is 5.91 Å². The second-order valence-corrected chi connectivity index (χ2v) is 7.23. The molecule has 0 aliphatic carbocycles. The lowest BCUT2D eigenvalue weighted by atomic mass is 10.2. The molecule has 0 saturated heterocycles. The molecule has 1 rings (SSSR count). The smallest absolute Gasteiger partial charge is 0.413 e. The summed E-state index contributed by atoms with van der Waals surface area (Å²) in [5.74, 6) is -1.97. The molecule has 1 atom stereocenters. The molecular formula is C16H23N3O7S. The van der Waals surface area contributed by atoms with Gasteiger partial charge in [-0.1, -0.05) is 0 Å². The summed E-state index contributed by atoms with van der Waals surface area (Å²) in [6, 6.07) is -1.16.